The Morgan fingerprint density at radius 1 is 1.17 bits per heavy atom. The fraction of sp³-hybridized carbons (Fsp3) is 0.263. The first-order valence-electron chi connectivity index (χ1n) is 7.95. The van der Waals surface area contributed by atoms with Crippen LogP contribution in [0.1, 0.15) is 22.9 Å². The summed E-state index contributed by atoms with van der Waals surface area (Å²) in [5.74, 6) is 0. The second-order valence-corrected chi connectivity index (χ2v) is 6.54. The molecule has 3 nitrogen and oxygen atoms in total. The summed E-state index contributed by atoms with van der Waals surface area (Å²) in [5, 5.41) is 11.9. The third kappa shape index (κ3) is 2.65. The van der Waals surface area contributed by atoms with E-state index >= 15 is 0 Å². The van der Waals surface area contributed by atoms with Gasteiger partial charge in [-0.15, -0.1) is 0 Å². The zero-order chi connectivity index (χ0) is 15.8. The highest BCUT2D eigenvalue weighted by molar-refractivity contribution is 6.31. The van der Waals surface area contributed by atoms with Crippen LogP contribution in [0, 0.1) is 0 Å². The van der Waals surface area contributed by atoms with Gasteiger partial charge in [-0.05, 0) is 35.7 Å². The van der Waals surface area contributed by atoms with Gasteiger partial charge in [0.15, 0.2) is 0 Å². The molecule has 0 radical (unpaired) electrons. The lowest BCUT2D eigenvalue weighted by molar-refractivity contribution is 0.110. The molecule has 0 aliphatic carbocycles. The third-order valence-corrected chi connectivity index (χ3v) is 5.00. The van der Waals surface area contributed by atoms with Gasteiger partial charge in [-0.1, -0.05) is 41.9 Å². The normalized spacial score (nSPS) is 16.4. The van der Waals surface area contributed by atoms with Crippen molar-refractivity contribution < 1.29 is 5.11 Å². The quantitative estimate of drug-likeness (QED) is 0.766. The fourth-order valence-electron chi connectivity index (χ4n) is 3.61. The molecule has 1 aliphatic heterocycles. The van der Waals surface area contributed by atoms with E-state index in [0.29, 0.717) is 0 Å². The van der Waals surface area contributed by atoms with E-state index in [1.165, 1.54) is 16.6 Å². The van der Waals surface area contributed by atoms with Crippen molar-refractivity contribution in [2.24, 2.45) is 0 Å². The zero-order valence-corrected chi connectivity index (χ0v) is 13.6. The molecule has 4 heteroatoms. The number of aromatic amines is 1. The number of aromatic nitrogens is 1. The standard InChI is InChI=1S/C19H19ClN2O/c20-14-6-7-17-16(10-14)15-8-9-22(11-18(15)21-17)19(12-23)13-4-2-1-3-5-13/h1-7,10,19,21,23H,8-9,11-12H2. The summed E-state index contributed by atoms with van der Waals surface area (Å²) in [6.45, 7) is 1.89. The van der Waals surface area contributed by atoms with Crippen molar-refractivity contribution in [3.05, 3.63) is 70.4 Å². The van der Waals surface area contributed by atoms with Gasteiger partial charge in [-0.3, -0.25) is 4.90 Å². The molecule has 1 aromatic heterocycles. The highest BCUT2D eigenvalue weighted by Gasteiger charge is 2.26. The Bertz CT molecular complexity index is 828. The van der Waals surface area contributed by atoms with Gasteiger partial charge < -0.3 is 10.1 Å². The smallest absolute Gasteiger partial charge is 0.0628 e. The van der Waals surface area contributed by atoms with Crippen LogP contribution in [0.2, 0.25) is 5.02 Å². The van der Waals surface area contributed by atoms with Crippen LogP contribution >= 0.6 is 11.6 Å². The molecule has 2 N–H and O–H groups in total. The molecule has 0 bridgehead atoms. The Kier molecular flexibility index (Phi) is 3.85. The van der Waals surface area contributed by atoms with Gasteiger partial charge >= 0.3 is 0 Å². The second-order valence-electron chi connectivity index (χ2n) is 6.10. The molecule has 23 heavy (non-hydrogen) atoms. The number of hydrogen-bond acceptors (Lipinski definition) is 2. The molecule has 1 atom stereocenters. The lowest BCUT2D eigenvalue weighted by atomic mass is 9.99. The van der Waals surface area contributed by atoms with E-state index in [9.17, 15) is 5.11 Å². The minimum absolute atomic E-state index is 0.0411. The molecule has 2 heterocycles. The molecule has 118 valence electrons. The van der Waals surface area contributed by atoms with E-state index in [2.05, 4.69) is 22.0 Å². The van der Waals surface area contributed by atoms with E-state index < -0.39 is 0 Å². The minimum atomic E-state index is 0.0411. The van der Waals surface area contributed by atoms with Gasteiger partial charge in [-0.2, -0.15) is 0 Å². The second kappa shape index (κ2) is 6.00. The van der Waals surface area contributed by atoms with Gasteiger partial charge in [0.2, 0.25) is 0 Å². The first-order chi connectivity index (χ1) is 11.3. The van der Waals surface area contributed by atoms with Crippen molar-refractivity contribution in [3.63, 3.8) is 0 Å². The van der Waals surface area contributed by atoms with Crippen molar-refractivity contribution in [1.29, 1.82) is 0 Å². The number of benzene rings is 2. The van der Waals surface area contributed by atoms with Crippen LogP contribution in [-0.2, 0) is 13.0 Å². The lowest BCUT2D eigenvalue weighted by Gasteiger charge is -2.33. The van der Waals surface area contributed by atoms with Crippen molar-refractivity contribution in [3.8, 4) is 0 Å². The average molecular weight is 327 g/mol. The third-order valence-electron chi connectivity index (χ3n) is 4.76. The van der Waals surface area contributed by atoms with Crippen molar-refractivity contribution in [1.82, 2.24) is 9.88 Å². The van der Waals surface area contributed by atoms with Crippen molar-refractivity contribution in [2.45, 2.75) is 19.0 Å². The topological polar surface area (TPSA) is 39.3 Å². The van der Waals surface area contributed by atoms with E-state index in [1.54, 1.807) is 0 Å². The fourth-order valence-corrected chi connectivity index (χ4v) is 3.78. The number of fused-ring (bicyclic) bond motifs is 3. The average Bonchev–Trinajstić information content (AvgIpc) is 2.94. The number of nitrogens with zero attached hydrogens (tertiary/aromatic N) is 1. The van der Waals surface area contributed by atoms with Crippen LogP contribution < -0.4 is 0 Å². The van der Waals surface area contributed by atoms with Gasteiger partial charge in [0.05, 0.1) is 12.6 Å². The van der Waals surface area contributed by atoms with E-state index in [-0.39, 0.29) is 12.6 Å². The van der Waals surface area contributed by atoms with Gasteiger partial charge in [0.1, 0.15) is 0 Å². The van der Waals surface area contributed by atoms with E-state index in [1.807, 2.05) is 36.4 Å². The Morgan fingerprint density at radius 2 is 2.00 bits per heavy atom. The molecule has 2 aromatic carbocycles. The number of rotatable bonds is 3. The molecule has 4 rings (SSSR count). The van der Waals surface area contributed by atoms with Crippen molar-refractivity contribution in [2.75, 3.05) is 13.2 Å². The van der Waals surface area contributed by atoms with Crippen LogP contribution in [-0.4, -0.2) is 28.1 Å². The monoisotopic (exact) mass is 326 g/mol. The highest BCUT2D eigenvalue weighted by atomic mass is 35.5. The molecule has 0 fully saturated rings. The van der Waals surface area contributed by atoms with Crippen LogP contribution in [0.4, 0.5) is 0 Å². The summed E-state index contributed by atoms with van der Waals surface area (Å²) in [6, 6.07) is 16.3. The Hall–Kier alpha value is -1.81. The van der Waals surface area contributed by atoms with Gasteiger partial charge in [0.25, 0.3) is 0 Å². The lowest BCUT2D eigenvalue weighted by Crippen LogP contribution is -2.35. The summed E-state index contributed by atoms with van der Waals surface area (Å²) >= 11 is 6.14. The van der Waals surface area contributed by atoms with Crippen LogP contribution in [0.15, 0.2) is 48.5 Å². The van der Waals surface area contributed by atoms with E-state index in [0.717, 1.165) is 35.6 Å². The van der Waals surface area contributed by atoms with E-state index in [4.69, 9.17) is 11.6 Å². The molecule has 1 aliphatic rings. The van der Waals surface area contributed by atoms with Gasteiger partial charge in [-0.25, -0.2) is 0 Å². The number of hydrogen-bond donors (Lipinski definition) is 2. The Morgan fingerprint density at radius 3 is 2.78 bits per heavy atom. The molecule has 1 unspecified atom stereocenters. The largest absolute Gasteiger partial charge is 0.394 e. The molecular formula is C19H19ClN2O. The maximum absolute atomic E-state index is 9.89. The predicted molar refractivity (Wildman–Crippen MR) is 93.7 cm³/mol. The summed E-state index contributed by atoms with van der Waals surface area (Å²) < 4.78 is 0. The van der Waals surface area contributed by atoms with Gasteiger partial charge in [0, 0.05) is 34.7 Å². The predicted octanol–water partition coefficient (Wildman–Crippen LogP) is 3.91. The Balaban J connectivity index is 1.67. The number of nitrogens with one attached hydrogen (secondary N) is 1. The number of halogens is 1. The van der Waals surface area contributed by atoms with Crippen LogP contribution in [0.5, 0.6) is 0 Å². The first-order valence-corrected chi connectivity index (χ1v) is 8.33. The highest BCUT2D eigenvalue weighted by Crippen LogP contribution is 2.32. The molecular weight excluding hydrogens is 308 g/mol. The SMILES string of the molecule is OCC(c1ccccc1)N1CCc2c([nH]c3ccc(Cl)cc23)C1. The summed E-state index contributed by atoms with van der Waals surface area (Å²) in [6.07, 6.45) is 0.971. The summed E-state index contributed by atoms with van der Waals surface area (Å²) in [5.41, 5.74) is 4.91. The number of aliphatic hydroxyl groups is 1. The summed E-state index contributed by atoms with van der Waals surface area (Å²) in [4.78, 5) is 5.86. The molecule has 3 aromatic rings. The van der Waals surface area contributed by atoms with Crippen LogP contribution in [0.25, 0.3) is 10.9 Å². The Labute approximate surface area is 140 Å². The first kappa shape index (κ1) is 14.8. The maximum Gasteiger partial charge on any atom is 0.0628 e. The molecule has 0 amide bonds. The maximum atomic E-state index is 9.89. The molecule has 0 spiro atoms. The number of aliphatic hydroxyl groups excluding tert-OH is 1. The van der Waals surface area contributed by atoms with Crippen LogP contribution in [0.3, 0.4) is 0 Å². The summed E-state index contributed by atoms with van der Waals surface area (Å²) in [7, 11) is 0. The zero-order valence-electron chi connectivity index (χ0n) is 12.8. The molecule has 0 saturated carbocycles. The number of H-pyrrole nitrogens is 1. The van der Waals surface area contributed by atoms with Crippen molar-refractivity contribution >= 4 is 22.5 Å². The minimum Gasteiger partial charge on any atom is -0.394 e. The molecule has 0 saturated heterocycles.